The van der Waals surface area contributed by atoms with Crippen LogP contribution in [-0.2, 0) is 6.54 Å². The average molecular weight is 214 g/mol. The summed E-state index contributed by atoms with van der Waals surface area (Å²) in [7, 11) is 0. The maximum Gasteiger partial charge on any atom is 0.104 e. The van der Waals surface area contributed by atoms with Crippen molar-refractivity contribution in [3.05, 3.63) is 35.9 Å². The van der Waals surface area contributed by atoms with E-state index in [4.69, 9.17) is 0 Å². The van der Waals surface area contributed by atoms with Crippen LogP contribution in [0.15, 0.2) is 30.3 Å². The molecule has 84 valence electrons. The number of hydrogen-bond donors (Lipinski definition) is 0. The van der Waals surface area contributed by atoms with Crippen LogP contribution in [0.2, 0.25) is 0 Å². The monoisotopic (exact) mass is 214 g/mol. The van der Waals surface area contributed by atoms with E-state index in [1.807, 2.05) is 0 Å². The van der Waals surface area contributed by atoms with Crippen LogP contribution in [0.25, 0.3) is 0 Å². The van der Waals surface area contributed by atoms with Crippen molar-refractivity contribution >= 4 is 8.41 Å². The molecule has 1 aromatic rings. The molecule has 1 aromatic carbocycles. The van der Waals surface area contributed by atoms with Gasteiger partial charge >= 0.3 is 0 Å². The number of nitrogens with zero attached hydrogens (tertiary/aromatic N) is 2. The van der Waals surface area contributed by atoms with Gasteiger partial charge < -0.3 is 12.9 Å². The van der Waals surface area contributed by atoms with Crippen LogP contribution < -0.4 is 0 Å². The fourth-order valence-corrected chi connectivity index (χ4v) is 2.94. The number of fused-ring (bicyclic) bond motifs is 3. The molecule has 2 nitrogen and oxygen atoms in total. The molecule has 3 aliphatic heterocycles. The van der Waals surface area contributed by atoms with E-state index in [0.29, 0.717) is 0 Å². The van der Waals surface area contributed by atoms with Gasteiger partial charge in [-0.25, -0.2) is 0 Å². The van der Waals surface area contributed by atoms with Crippen molar-refractivity contribution in [2.45, 2.75) is 6.54 Å². The van der Waals surface area contributed by atoms with E-state index < -0.39 is 0 Å². The number of benzene rings is 1. The molecule has 4 radical (unpaired) electrons. The average Bonchev–Trinajstić information content (AvgIpc) is 2.32. The van der Waals surface area contributed by atoms with Gasteiger partial charge in [0.15, 0.2) is 0 Å². The summed E-state index contributed by atoms with van der Waals surface area (Å²) < 4.78 is 1.33. The van der Waals surface area contributed by atoms with E-state index in [1.54, 1.807) is 0 Å². The van der Waals surface area contributed by atoms with Gasteiger partial charge in [-0.2, -0.15) is 0 Å². The zero-order valence-corrected chi connectivity index (χ0v) is 9.81. The first-order valence-corrected chi connectivity index (χ1v) is 5.98. The smallest absolute Gasteiger partial charge is 0.104 e. The first-order chi connectivity index (χ1) is 7.36. The highest BCUT2D eigenvalue weighted by molar-refractivity contribution is 5.75. The molecule has 16 heavy (non-hydrogen) atoms. The zero-order valence-electron chi connectivity index (χ0n) is 9.81. The van der Waals surface area contributed by atoms with Gasteiger partial charge in [0.25, 0.3) is 0 Å². The van der Waals surface area contributed by atoms with Gasteiger partial charge in [-0.3, -0.25) is 4.90 Å². The molecule has 3 heterocycles. The molecule has 0 saturated carbocycles. The van der Waals surface area contributed by atoms with Gasteiger partial charge in [-0.05, 0) is 0 Å². The number of hydrogen-bond acceptors (Lipinski definition) is 1. The first kappa shape index (κ1) is 11.7. The molecular weight excluding hydrogens is 195 g/mol. The standard InChI is InChI=1S/C13H19N2.B/c1-2-4-13(5-3-1)12-15-9-6-14(7-10-15)8-11-15;/h1-5H,6-12H2;/q+1;-1. The van der Waals surface area contributed by atoms with Crippen molar-refractivity contribution in [2.75, 3.05) is 39.3 Å². The van der Waals surface area contributed by atoms with Crippen LogP contribution in [-0.4, -0.2) is 57.1 Å². The molecule has 0 unspecified atom stereocenters. The van der Waals surface area contributed by atoms with Crippen LogP contribution in [0, 0.1) is 0 Å². The highest BCUT2D eigenvalue weighted by Gasteiger charge is 2.38. The molecule has 0 spiro atoms. The van der Waals surface area contributed by atoms with Crippen molar-refractivity contribution in [3.63, 3.8) is 0 Å². The topological polar surface area (TPSA) is 3.24 Å². The summed E-state index contributed by atoms with van der Waals surface area (Å²) in [4.78, 5) is 2.60. The molecule has 0 atom stereocenters. The molecule has 4 rings (SSSR count). The highest BCUT2D eigenvalue weighted by Crippen LogP contribution is 2.22. The van der Waals surface area contributed by atoms with Crippen molar-refractivity contribution < 1.29 is 4.48 Å². The van der Waals surface area contributed by atoms with Crippen LogP contribution in [0.3, 0.4) is 0 Å². The molecule has 3 fully saturated rings. The van der Waals surface area contributed by atoms with E-state index >= 15 is 0 Å². The van der Waals surface area contributed by atoms with Crippen LogP contribution in [0.5, 0.6) is 0 Å². The Labute approximate surface area is 100 Å². The summed E-state index contributed by atoms with van der Waals surface area (Å²) in [5.74, 6) is 0. The molecular formula is C13H19BN2. The zero-order chi connectivity index (χ0) is 10.1. The van der Waals surface area contributed by atoms with Gasteiger partial charge in [0.05, 0.1) is 19.6 Å². The molecule has 3 saturated heterocycles. The quantitative estimate of drug-likeness (QED) is 0.523. The van der Waals surface area contributed by atoms with E-state index in [2.05, 4.69) is 35.2 Å². The van der Waals surface area contributed by atoms with Crippen LogP contribution >= 0.6 is 0 Å². The third-order valence-corrected chi connectivity index (χ3v) is 4.03. The fraction of sp³-hybridized carbons (Fsp3) is 0.538. The summed E-state index contributed by atoms with van der Waals surface area (Å²) in [6.45, 7) is 9.25. The normalized spacial score (nSPS) is 32.1. The fourth-order valence-electron chi connectivity index (χ4n) is 2.94. The Morgan fingerprint density at radius 1 is 0.938 bits per heavy atom. The van der Waals surface area contributed by atoms with E-state index in [-0.39, 0.29) is 8.41 Å². The Kier molecular flexibility index (Phi) is 3.36. The SMILES string of the molecule is [B-].c1ccc(C[N+]23CCN(CC2)CC3)cc1. The van der Waals surface area contributed by atoms with E-state index in [1.165, 1.54) is 55.9 Å². The Balaban J connectivity index is 0.000000963. The summed E-state index contributed by atoms with van der Waals surface area (Å²) in [5, 5.41) is 0. The Morgan fingerprint density at radius 2 is 1.50 bits per heavy atom. The first-order valence-electron chi connectivity index (χ1n) is 5.98. The van der Waals surface area contributed by atoms with Crippen LogP contribution in [0.4, 0.5) is 0 Å². The summed E-state index contributed by atoms with van der Waals surface area (Å²) in [5.41, 5.74) is 1.51. The number of quaternary nitrogens is 1. The van der Waals surface area contributed by atoms with Gasteiger partial charge in [0.1, 0.15) is 6.54 Å². The van der Waals surface area contributed by atoms with Crippen molar-refractivity contribution in [1.29, 1.82) is 0 Å². The second-order valence-corrected chi connectivity index (χ2v) is 5.00. The van der Waals surface area contributed by atoms with Gasteiger partial charge in [-0.1, -0.05) is 30.3 Å². The predicted molar refractivity (Wildman–Crippen MR) is 67.2 cm³/mol. The number of rotatable bonds is 2. The molecule has 3 heteroatoms. The van der Waals surface area contributed by atoms with E-state index in [0.717, 1.165) is 0 Å². The van der Waals surface area contributed by atoms with Crippen molar-refractivity contribution in [1.82, 2.24) is 4.90 Å². The third-order valence-electron chi connectivity index (χ3n) is 4.03. The van der Waals surface area contributed by atoms with E-state index in [9.17, 15) is 0 Å². The lowest BCUT2D eigenvalue weighted by atomic mass is 10.1. The molecule has 0 N–H and O–H groups in total. The highest BCUT2D eigenvalue weighted by atomic mass is 15.4. The van der Waals surface area contributed by atoms with Crippen LogP contribution in [0.1, 0.15) is 5.56 Å². The Hall–Kier alpha value is -0.795. The minimum absolute atomic E-state index is 0. The van der Waals surface area contributed by atoms with Gasteiger partial charge in [-0.15, -0.1) is 0 Å². The lowest BCUT2D eigenvalue weighted by Crippen LogP contribution is -2.66. The Morgan fingerprint density at radius 3 is 2.06 bits per heavy atom. The van der Waals surface area contributed by atoms with Gasteiger partial charge in [0.2, 0.25) is 0 Å². The number of piperazine rings is 3. The molecule has 3 aliphatic rings. The van der Waals surface area contributed by atoms with Crippen molar-refractivity contribution in [3.8, 4) is 0 Å². The lowest BCUT2D eigenvalue weighted by Gasteiger charge is -2.50. The molecule has 2 bridgehead atoms. The molecule has 0 aliphatic carbocycles. The minimum atomic E-state index is 0. The summed E-state index contributed by atoms with van der Waals surface area (Å²) >= 11 is 0. The minimum Gasteiger partial charge on any atom is -1.00 e. The van der Waals surface area contributed by atoms with Crippen molar-refractivity contribution in [2.24, 2.45) is 0 Å². The largest absolute Gasteiger partial charge is 1.00 e. The second-order valence-electron chi connectivity index (χ2n) is 5.00. The third kappa shape index (κ3) is 2.16. The summed E-state index contributed by atoms with van der Waals surface area (Å²) in [6.07, 6.45) is 0. The second kappa shape index (κ2) is 4.60. The predicted octanol–water partition coefficient (Wildman–Crippen LogP) is 0.952. The Bertz CT molecular complexity index is 317. The lowest BCUT2D eigenvalue weighted by molar-refractivity contribution is -0.953. The molecule has 0 amide bonds. The summed E-state index contributed by atoms with van der Waals surface area (Å²) in [6, 6.07) is 11.0. The maximum absolute atomic E-state index is 2.60. The molecule has 0 aromatic heterocycles. The van der Waals surface area contributed by atoms with Gasteiger partial charge in [0, 0.05) is 25.2 Å². The maximum atomic E-state index is 2.60.